The lowest BCUT2D eigenvalue weighted by atomic mass is 10.2. The lowest BCUT2D eigenvalue weighted by Gasteiger charge is -1.98. The summed E-state index contributed by atoms with van der Waals surface area (Å²) in [5.74, 6) is -0.0953. The minimum absolute atomic E-state index is 0.0953. The van der Waals surface area contributed by atoms with E-state index in [9.17, 15) is 4.79 Å². The van der Waals surface area contributed by atoms with Crippen molar-refractivity contribution in [3.8, 4) is 0 Å². The normalized spacial score (nSPS) is 9.86. The highest BCUT2D eigenvalue weighted by Crippen LogP contribution is 2.04. The second-order valence-electron chi connectivity index (χ2n) is 2.98. The fourth-order valence-electron chi connectivity index (χ4n) is 1.16. The average molecular weight is 193 g/mol. The van der Waals surface area contributed by atoms with E-state index in [-0.39, 0.29) is 5.91 Å². The van der Waals surface area contributed by atoms with E-state index >= 15 is 0 Å². The van der Waals surface area contributed by atoms with E-state index in [0.717, 1.165) is 12.2 Å². The summed E-state index contributed by atoms with van der Waals surface area (Å²) in [6.45, 7) is 8.60. The summed E-state index contributed by atoms with van der Waals surface area (Å²) in [4.78, 5) is 11.5. The molecule has 0 aromatic carbocycles. The van der Waals surface area contributed by atoms with Crippen molar-refractivity contribution < 1.29 is 4.79 Å². The SMILES string of the molecule is C=CCNC(=O)c1cn(CC)nc1C. The first-order valence-electron chi connectivity index (χ1n) is 4.62. The summed E-state index contributed by atoms with van der Waals surface area (Å²) in [5, 5.41) is 6.90. The van der Waals surface area contributed by atoms with Crippen molar-refractivity contribution in [2.24, 2.45) is 0 Å². The van der Waals surface area contributed by atoms with Crippen LogP contribution >= 0.6 is 0 Å². The summed E-state index contributed by atoms with van der Waals surface area (Å²) in [5.41, 5.74) is 1.39. The van der Waals surface area contributed by atoms with E-state index in [0.29, 0.717) is 12.1 Å². The Kier molecular flexibility index (Phi) is 3.45. The molecule has 14 heavy (non-hydrogen) atoms. The Hall–Kier alpha value is -1.58. The quantitative estimate of drug-likeness (QED) is 0.728. The fourth-order valence-corrected chi connectivity index (χ4v) is 1.16. The van der Waals surface area contributed by atoms with Gasteiger partial charge in [0.2, 0.25) is 0 Å². The molecule has 4 nitrogen and oxygen atoms in total. The minimum atomic E-state index is -0.0953. The van der Waals surface area contributed by atoms with Gasteiger partial charge in [-0.2, -0.15) is 5.10 Å². The molecule has 0 aliphatic carbocycles. The molecule has 0 radical (unpaired) electrons. The third kappa shape index (κ3) is 2.22. The Morgan fingerprint density at radius 3 is 3.00 bits per heavy atom. The van der Waals surface area contributed by atoms with Crippen LogP contribution in [0.5, 0.6) is 0 Å². The predicted molar refractivity (Wildman–Crippen MR) is 55.2 cm³/mol. The predicted octanol–water partition coefficient (Wildman–Crippen LogP) is 1.13. The second-order valence-corrected chi connectivity index (χ2v) is 2.98. The molecule has 1 heterocycles. The summed E-state index contributed by atoms with van der Waals surface area (Å²) in [7, 11) is 0. The number of aromatic nitrogens is 2. The van der Waals surface area contributed by atoms with Gasteiger partial charge in [0.15, 0.2) is 0 Å². The maximum absolute atomic E-state index is 11.5. The smallest absolute Gasteiger partial charge is 0.254 e. The molecule has 0 saturated carbocycles. The molecule has 1 aromatic rings. The lowest BCUT2D eigenvalue weighted by Crippen LogP contribution is -2.23. The third-order valence-corrected chi connectivity index (χ3v) is 1.92. The van der Waals surface area contributed by atoms with Gasteiger partial charge in [0, 0.05) is 19.3 Å². The maximum Gasteiger partial charge on any atom is 0.254 e. The van der Waals surface area contributed by atoms with Gasteiger partial charge >= 0.3 is 0 Å². The molecule has 0 unspecified atom stereocenters. The number of carbonyl (C=O) groups excluding carboxylic acids is 1. The van der Waals surface area contributed by atoms with Crippen molar-refractivity contribution in [2.75, 3.05) is 6.54 Å². The Bertz CT molecular complexity index is 341. The number of hydrogen-bond donors (Lipinski definition) is 1. The third-order valence-electron chi connectivity index (χ3n) is 1.92. The van der Waals surface area contributed by atoms with Gasteiger partial charge < -0.3 is 5.32 Å². The van der Waals surface area contributed by atoms with Gasteiger partial charge in [0.1, 0.15) is 0 Å². The van der Waals surface area contributed by atoms with Gasteiger partial charge in [-0.15, -0.1) is 6.58 Å². The number of hydrogen-bond acceptors (Lipinski definition) is 2. The van der Waals surface area contributed by atoms with Crippen LogP contribution < -0.4 is 5.32 Å². The number of rotatable bonds is 4. The van der Waals surface area contributed by atoms with Crippen LogP contribution in [0.4, 0.5) is 0 Å². The van der Waals surface area contributed by atoms with Crippen LogP contribution in [0.25, 0.3) is 0 Å². The van der Waals surface area contributed by atoms with Crippen LogP contribution in [-0.2, 0) is 6.54 Å². The van der Waals surface area contributed by atoms with Gasteiger partial charge in [0.25, 0.3) is 5.91 Å². The lowest BCUT2D eigenvalue weighted by molar-refractivity contribution is 0.0957. The van der Waals surface area contributed by atoms with E-state index < -0.39 is 0 Å². The summed E-state index contributed by atoms with van der Waals surface area (Å²) in [6.07, 6.45) is 3.41. The van der Waals surface area contributed by atoms with Gasteiger partial charge in [-0.3, -0.25) is 9.48 Å². The Morgan fingerprint density at radius 2 is 2.50 bits per heavy atom. The fraction of sp³-hybridized carbons (Fsp3) is 0.400. The van der Waals surface area contributed by atoms with Crippen molar-refractivity contribution in [3.63, 3.8) is 0 Å². The Labute approximate surface area is 83.6 Å². The molecule has 0 spiro atoms. The van der Waals surface area contributed by atoms with Gasteiger partial charge in [-0.25, -0.2) is 0 Å². The van der Waals surface area contributed by atoms with Crippen LogP contribution in [0.2, 0.25) is 0 Å². The molecular formula is C10H15N3O. The average Bonchev–Trinajstić information content (AvgIpc) is 2.56. The molecule has 0 aliphatic rings. The van der Waals surface area contributed by atoms with E-state index in [4.69, 9.17) is 0 Å². The van der Waals surface area contributed by atoms with Crippen LogP contribution in [-0.4, -0.2) is 22.2 Å². The highest BCUT2D eigenvalue weighted by molar-refractivity contribution is 5.95. The van der Waals surface area contributed by atoms with E-state index in [2.05, 4.69) is 17.0 Å². The highest BCUT2D eigenvalue weighted by Gasteiger charge is 2.11. The van der Waals surface area contributed by atoms with Gasteiger partial charge in [-0.1, -0.05) is 6.08 Å². The van der Waals surface area contributed by atoms with Crippen molar-refractivity contribution in [3.05, 3.63) is 30.1 Å². The number of carbonyl (C=O) groups is 1. The van der Waals surface area contributed by atoms with Crippen LogP contribution in [0.1, 0.15) is 23.0 Å². The molecule has 1 aromatic heterocycles. The molecule has 0 bridgehead atoms. The Balaban J connectivity index is 2.78. The number of nitrogens with zero attached hydrogens (tertiary/aromatic N) is 2. The molecule has 76 valence electrons. The summed E-state index contributed by atoms with van der Waals surface area (Å²) in [6, 6.07) is 0. The summed E-state index contributed by atoms with van der Waals surface area (Å²) < 4.78 is 1.75. The molecular weight excluding hydrogens is 178 g/mol. The highest BCUT2D eigenvalue weighted by atomic mass is 16.1. The molecule has 0 saturated heterocycles. The standard InChI is InChI=1S/C10H15N3O/c1-4-6-11-10(14)9-7-13(5-2)12-8(9)3/h4,7H,1,5-6H2,2-3H3,(H,11,14). The zero-order valence-electron chi connectivity index (χ0n) is 8.58. The largest absolute Gasteiger partial charge is 0.348 e. The van der Waals surface area contributed by atoms with E-state index in [1.165, 1.54) is 0 Å². The molecule has 1 N–H and O–H groups in total. The van der Waals surface area contributed by atoms with Crippen molar-refractivity contribution >= 4 is 5.91 Å². The van der Waals surface area contributed by atoms with Crippen molar-refractivity contribution in [1.82, 2.24) is 15.1 Å². The van der Waals surface area contributed by atoms with Gasteiger partial charge in [0.05, 0.1) is 11.3 Å². The first-order valence-corrected chi connectivity index (χ1v) is 4.62. The van der Waals surface area contributed by atoms with Crippen molar-refractivity contribution in [2.45, 2.75) is 20.4 Å². The topological polar surface area (TPSA) is 46.9 Å². The first kappa shape index (κ1) is 10.5. The Morgan fingerprint density at radius 1 is 1.79 bits per heavy atom. The van der Waals surface area contributed by atoms with Crippen LogP contribution in [0.3, 0.4) is 0 Å². The number of amides is 1. The molecule has 0 atom stereocenters. The van der Waals surface area contributed by atoms with E-state index in [1.807, 2.05) is 13.8 Å². The van der Waals surface area contributed by atoms with Crippen LogP contribution in [0.15, 0.2) is 18.9 Å². The number of aryl methyl sites for hydroxylation is 2. The van der Waals surface area contributed by atoms with Crippen LogP contribution in [0, 0.1) is 6.92 Å². The second kappa shape index (κ2) is 4.60. The zero-order valence-corrected chi connectivity index (χ0v) is 8.58. The molecule has 4 heteroatoms. The molecule has 1 rings (SSSR count). The summed E-state index contributed by atoms with van der Waals surface area (Å²) >= 11 is 0. The molecule has 1 amide bonds. The van der Waals surface area contributed by atoms with Crippen molar-refractivity contribution in [1.29, 1.82) is 0 Å². The first-order chi connectivity index (χ1) is 6.69. The maximum atomic E-state index is 11.5. The monoisotopic (exact) mass is 193 g/mol. The zero-order chi connectivity index (χ0) is 10.6. The van der Waals surface area contributed by atoms with Gasteiger partial charge in [-0.05, 0) is 13.8 Å². The van der Waals surface area contributed by atoms with E-state index in [1.54, 1.807) is 17.0 Å². The molecule has 0 aliphatic heterocycles. The molecule has 0 fully saturated rings. The number of nitrogens with one attached hydrogen (secondary N) is 1. The minimum Gasteiger partial charge on any atom is -0.348 e.